The van der Waals surface area contributed by atoms with Crippen LogP contribution in [-0.4, -0.2) is 11.6 Å². The number of hydrogen-bond acceptors (Lipinski definition) is 2. The Labute approximate surface area is 79.4 Å². The average Bonchev–Trinajstić information content (AvgIpc) is 1.95. The maximum atomic E-state index is 5.88. The molecule has 0 aromatic rings. The molecule has 0 spiro atoms. The minimum atomic E-state index is -0.533. The summed E-state index contributed by atoms with van der Waals surface area (Å²) in [6.45, 7) is 1.84. The SMILES string of the molecule is CC1(N)C=CC(Br)=C(Cl)C1N. The Bertz CT molecular complexity index is 233. The van der Waals surface area contributed by atoms with E-state index in [9.17, 15) is 0 Å². The summed E-state index contributed by atoms with van der Waals surface area (Å²) in [7, 11) is 0. The molecule has 1 aliphatic rings. The van der Waals surface area contributed by atoms with Crippen LogP contribution >= 0.6 is 27.5 Å². The molecule has 0 aliphatic heterocycles. The van der Waals surface area contributed by atoms with Crippen molar-refractivity contribution in [3.63, 3.8) is 0 Å². The first-order valence-electron chi connectivity index (χ1n) is 3.24. The van der Waals surface area contributed by atoms with Gasteiger partial charge in [0, 0.05) is 4.48 Å². The third-order valence-corrected chi connectivity index (χ3v) is 3.12. The van der Waals surface area contributed by atoms with E-state index < -0.39 is 5.54 Å². The van der Waals surface area contributed by atoms with Gasteiger partial charge in [0.1, 0.15) is 0 Å². The first-order chi connectivity index (χ1) is 4.95. The Morgan fingerprint density at radius 2 is 2.27 bits per heavy atom. The van der Waals surface area contributed by atoms with E-state index in [0.29, 0.717) is 5.03 Å². The number of nitrogens with two attached hydrogens (primary N) is 2. The van der Waals surface area contributed by atoms with Crippen molar-refractivity contribution in [2.75, 3.05) is 0 Å². The zero-order chi connectivity index (χ0) is 8.65. The van der Waals surface area contributed by atoms with Crippen molar-refractivity contribution in [1.82, 2.24) is 0 Å². The van der Waals surface area contributed by atoms with Crippen LogP contribution in [-0.2, 0) is 0 Å². The Morgan fingerprint density at radius 3 is 2.73 bits per heavy atom. The van der Waals surface area contributed by atoms with Gasteiger partial charge in [-0.15, -0.1) is 0 Å². The third-order valence-electron chi connectivity index (χ3n) is 1.76. The van der Waals surface area contributed by atoms with E-state index in [1.807, 2.05) is 19.1 Å². The van der Waals surface area contributed by atoms with Crippen LogP contribution in [0.3, 0.4) is 0 Å². The highest BCUT2D eigenvalue weighted by Gasteiger charge is 2.30. The van der Waals surface area contributed by atoms with Crippen LogP contribution in [0, 0.1) is 0 Å². The lowest BCUT2D eigenvalue weighted by Gasteiger charge is -2.31. The van der Waals surface area contributed by atoms with E-state index in [0.717, 1.165) is 4.48 Å². The molecule has 4 N–H and O–H groups in total. The number of hydrogen-bond donors (Lipinski definition) is 2. The topological polar surface area (TPSA) is 52.0 Å². The highest BCUT2D eigenvalue weighted by Crippen LogP contribution is 2.29. The van der Waals surface area contributed by atoms with Gasteiger partial charge in [0.25, 0.3) is 0 Å². The predicted octanol–water partition coefficient (Wildman–Crippen LogP) is 1.45. The first-order valence-corrected chi connectivity index (χ1v) is 4.41. The van der Waals surface area contributed by atoms with Gasteiger partial charge in [-0.2, -0.15) is 0 Å². The van der Waals surface area contributed by atoms with Crippen LogP contribution in [0.4, 0.5) is 0 Å². The molecular formula is C7H10BrClN2. The summed E-state index contributed by atoms with van der Waals surface area (Å²) in [6, 6.07) is -0.316. The second-order valence-electron chi connectivity index (χ2n) is 2.87. The van der Waals surface area contributed by atoms with Crippen molar-refractivity contribution in [3.8, 4) is 0 Å². The molecule has 1 rings (SSSR count). The molecule has 0 aromatic heterocycles. The lowest BCUT2D eigenvalue weighted by molar-refractivity contribution is 0.508. The van der Waals surface area contributed by atoms with E-state index in [1.165, 1.54) is 0 Å². The molecule has 0 aromatic carbocycles. The van der Waals surface area contributed by atoms with Crippen molar-refractivity contribution in [1.29, 1.82) is 0 Å². The van der Waals surface area contributed by atoms with Crippen LogP contribution in [0.5, 0.6) is 0 Å². The van der Waals surface area contributed by atoms with Crippen molar-refractivity contribution in [2.45, 2.75) is 18.5 Å². The predicted molar refractivity (Wildman–Crippen MR) is 51.5 cm³/mol. The van der Waals surface area contributed by atoms with Crippen LogP contribution in [0.1, 0.15) is 6.92 Å². The van der Waals surface area contributed by atoms with Gasteiger partial charge < -0.3 is 11.5 Å². The Balaban J connectivity index is 3.01. The standard InChI is InChI=1S/C7H10BrClN2/c1-7(11)3-2-4(8)5(9)6(7)10/h2-3,6H,10-11H2,1H3. The molecule has 0 radical (unpaired) electrons. The molecule has 2 unspecified atom stereocenters. The van der Waals surface area contributed by atoms with E-state index in [-0.39, 0.29) is 6.04 Å². The summed E-state index contributed by atoms with van der Waals surface area (Å²) in [6.07, 6.45) is 3.67. The molecule has 1 aliphatic carbocycles. The number of halogens is 2. The molecule has 11 heavy (non-hydrogen) atoms. The van der Waals surface area contributed by atoms with Crippen molar-refractivity contribution in [2.24, 2.45) is 11.5 Å². The van der Waals surface area contributed by atoms with Gasteiger partial charge in [-0.3, -0.25) is 0 Å². The summed E-state index contributed by atoms with van der Waals surface area (Å²) in [4.78, 5) is 0. The van der Waals surface area contributed by atoms with Crippen LogP contribution in [0.25, 0.3) is 0 Å². The third kappa shape index (κ3) is 1.67. The van der Waals surface area contributed by atoms with Crippen LogP contribution in [0.15, 0.2) is 21.7 Å². The summed E-state index contributed by atoms with van der Waals surface area (Å²) >= 11 is 9.15. The fraction of sp³-hybridized carbons (Fsp3) is 0.429. The normalized spacial score (nSPS) is 38.1. The average molecular weight is 238 g/mol. The van der Waals surface area contributed by atoms with E-state index in [4.69, 9.17) is 23.1 Å². The summed E-state index contributed by atoms with van der Waals surface area (Å²) in [5, 5.41) is 0.581. The minimum absolute atomic E-state index is 0.316. The molecular weight excluding hydrogens is 227 g/mol. The van der Waals surface area contributed by atoms with Gasteiger partial charge in [0.05, 0.1) is 16.6 Å². The number of rotatable bonds is 0. The summed E-state index contributed by atoms with van der Waals surface area (Å²) < 4.78 is 0.814. The van der Waals surface area contributed by atoms with E-state index in [1.54, 1.807) is 0 Å². The second-order valence-corrected chi connectivity index (χ2v) is 4.13. The molecule has 2 atom stereocenters. The highest BCUT2D eigenvalue weighted by molar-refractivity contribution is 9.12. The molecule has 0 saturated heterocycles. The number of allylic oxidation sites excluding steroid dienone is 2. The molecule has 0 saturated carbocycles. The Morgan fingerprint density at radius 1 is 1.73 bits per heavy atom. The summed E-state index contributed by atoms with van der Waals surface area (Å²) in [5.41, 5.74) is 11.0. The monoisotopic (exact) mass is 236 g/mol. The molecule has 4 heteroatoms. The Hall–Kier alpha value is 0.170. The van der Waals surface area contributed by atoms with Crippen LogP contribution < -0.4 is 11.5 Å². The van der Waals surface area contributed by atoms with Crippen molar-refractivity contribution >= 4 is 27.5 Å². The molecule has 0 heterocycles. The van der Waals surface area contributed by atoms with Gasteiger partial charge in [-0.25, -0.2) is 0 Å². The van der Waals surface area contributed by atoms with E-state index in [2.05, 4.69) is 15.9 Å². The zero-order valence-electron chi connectivity index (χ0n) is 6.14. The van der Waals surface area contributed by atoms with Gasteiger partial charge in [0.2, 0.25) is 0 Å². The lowest BCUT2D eigenvalue weighted by Crippen LogP contribution is -2.52. The molecule has 0 bridgehead atoms. The Kier molecular flexibility index (Phi) is 2.44. The fourth-order valence-corrected chi connectivity index (χ4v) is 1.53. The quantitative estimate of drug-likeness (QED) is 0.670. The lowest BCUT2D eigenvalue weighted by atomic mass is 9.90. The van der Waals surface area contributed by atoms with Gasteiger partial charge >= 0.3 is 0 Å². The largest absolute Gasteiger partial charge is 0.321 e. The molecule has 0 fully saturated rings. The fourth-order valence-electron chi connectivity index (χ4n) is 0.858. The molecule has 0 amide bonds. The highest BCUT2D eigenvalue weighted by atomic mass is 79.9. The van der Waals surface area contributed by atoms with Gasteiger partial charge in [-0.05, 0) is 28.9 Å². The van der Waals surface area contributed by atoms with Gasteiger partial charge in [0.15, 0.2) is 0 Å². The maximum absolute atomic E-state index is 5.88. The smallest absolute Gasteiger partial charge is 0.0631 e. The first kappa shape index (κ1) is 9.26. The molecule has 62 valence electrons. The molecule has 2 nitrogen and oxygen atoms in total. The van der Waals surface area contributed by atoms with E-state index >= 15 is 0 Å². The summed E-state index contributed by atoms with van der Waals surface area (Å²) in [5.74, 6) is 0. The second kappa shape index (κ2) is 2.90. The maximum Gasteiger partial charge on any atom is 0.0631 e. The van der Waals surface area contributed by atoms with Crippen LogP contribution in [0.2, 0.25) is 0 Å². The van der Waals surface area contributed by atoms with Crippen molar-refractivity contribution < 1.29 is 0 Å². The van der Waals surface area contributed by atoms with Crippen molar-refractivity contribution in [3.05, 3.63) is 21.7 Å². The minimum Gasteiger partial charge on any atom is -0.321 e. The zero-order valence-corrected chi connectivity index (χ0v) is 8.48. The van der Waals surface area contributed by atoms with Gasteiger partial charge in [-0.1, -0.05) is 17.7 Å².